The summed E-state index contributed by atoms with van der Waals surface area (Å²) in [6.07, 6.45) is 1.80. The quantitative estimate of drug-likeness (QED) is 0.709. The Labute approximate surface area is 151 Å². The van der Waals surface area contributed by atoms with Crippen molar-refractivity contribution in [2.24, 2.45) is 7.05 Å². The minimum absolute atomic E-state index is 0.0653. The van der Waals surface area contributed by atoms with Gasteiger partial charge in [-0.05, 0) is 30.3 Å². The van der Waals surface area contributed by atoms with Crippen LogP contribution in [0.25, 0.3) is 10.9 Å². The lowest BCUT2D eigenvalue weighted by Gasteiger charge is -2.35. The maximum atomic E-state index is 13.0. The molecule has 3 heterocycles. The number of fused-ring (bicyclic) bond motifs is 1. The van der Waals surface area contributed by atoms with Crippen LogP contribution in [0.5, 0.6) is 0 Å². The average Bonchev–Trinajstić information content (AvgIpc) is 2.98. The largest absolute Gasteiger partial charge is 0.353 e. The summed E-state index contributed by atoms with van der Waals surface area (Å²) in [6, 6.07) is 13.5. The molecule has 2 aromatic heterocycles. The van der Waals surface area contributed by atoms with Crippen molar-refractivity contribution in [1.82, 2.24) is 14.5 Å². The molecule has 1 aliphatic rings. The number of nitrogens with zero attached hydrogens (tertiary/aromatic N) is 4. The van der Waals surface area contributed by atoms with Gasteiger partial charge < -0.3 is 14.4 Å². The van der Waals surface area contributed by atoms with Crippen molar-refractivity contribution in [2.75, 3.05) is 31.1 Å². The van der Waals surface area contributed by atoms with Crippen LogP contribution >= 0.6 is 11.6 Å². The third-order valence-electron chi connectivity index (χ3n) is 4.77. The normalized spacial score (nSPS) is 15.0. The fourth-order valence-electron chi connectivity index (χ4n) is 3.35. The second-order valence-electron chi connectivity index (χ2n) is 6.26. The summed E-state index contributed by atoms with van der Waals surface area (Å²) in [6.45, 7) is 2.96. The number of hydrogen-bond donors (Lipinski definition) is 0. The van der Waals surface area contributed by atoms with Gasteiger partial charge in [0.1, 0.15) is 11.5 Å². The second kappa shape index (κ2) is 6.41. The topological polar surface area (TPSA) is 41.4 Å². The van der Waals surface area contributed by atoms with Gasteiger partial charge in [-0.25, -0.2) is 4.98 Å². The summed E-state index contributed by atoms with van der Waals surface area (Å²) in [5.41, 5.74) is 1.67. The van der Waals surface area contributed by atoms with Crippen LogP contribution in [-0.2, 0) is 7.05 Å². The molecule has 0 spiro atoms. The highest BCUT2D eigenvalue weighted by Crippen LogP contribution is 2.24. The molecule has 1 amide bonds. The highest BCUT2D eigenvalue weighted by molar-refractivity contribution is 6.31. The van der Waals surface area contributed by atoms with E-state index in [1.165, 1.54) is 0 Å². The van der Waals surface area contributed by atoms with Crippen LogP contribution in [0.2, 0.25) is 5.02 Å². The van der Waals surface area contributed by atoms with Gasteiger partial charge in [0.25, 0.3) is 5.91 Å². The Kier molecular flexibility index (Phi) is 4.09. The summed E-state index contributed by atoms with van der Waals surface area (Å²) in [5, 5.41) is 1.71. The van der Waals surface area contributed by atoms with Crippen molar-refractivity contribution < 1.29 is 4.79 Å². The summed E-state index contributed by atoms with van der Waals surface area (Å²) in [5.74, 6) is 1.03. The first-order valence-electron chi connectivity index (χ1n) is 8.34. The van der Waals surface area contributed by atoms with Crippen molar-refractivity contribution in [2.45, 2.75) is 0 Å². The van der Waals surface area contributed by atoms with Crippen molar-refractivity contribution in [3.05, 3.63) is 59.4 Å². The Morgan fingerprint density at radius 1 is 1.08 bits per heavy atom. The molecule has 3 aromatic rings. The third kappa shape index (κ3) is 2.96. The van der Waals surface area contributed by atoms with Crippen LogP contribution in [0.1, 0.15) is 10.5 Å². The highest BCUT2D eigenvalue weighted by Gasteiger charge is 2.25. The Bertz CT molecular complexity index is 914. The lowest BCUT2D eigenvalue weighted by atomic mass is 10.2. The number of benzene rings is 1. The van der Waals surface area contributed by atoms with Crippen LogP contribution in [0.3, 0.4) is 0 Å². The SMILES string of the molecule is Cn1c(C(=O)N2CCN(c3ccccn3)CC2)cc2ccc(Cl)cc21. The van der Waals surface area contributed by atoms with E-state index in [0.717, 1.165) is 29.8 Å². The fraction of sp³-hybridized carbons (Fsp3) is 0.263. The molecule has 0 aliphatic carbocycles. The summed E-state index contributed by atoms with van der Waals surface area (Å²) >= 11 is 6.08. The number of aromatic nitrogens is 2. The average molecular weight is 355 g/mol. The van der Waals surface area contributed by atoms with E-state index < -0.39 is 0 Å². The van der Waals surface area contributed by atoms with Gasteiger partial charge >= 0.3 is 0 Å². The molecule has 1 fully saturated rings. The number of piperazine rings is 1. The van der Waals surface area contributed by atoms with Gasteiger partial charge in [0.15, 0.2) is 0 Å². The number of amides is 1. The van der Waals surface area contributed by atoms with Crippen molar-refractivity contribution in [3.63, 3.8) is 0 Å². The van der Waals surface area contributed by atoms with E-state index in [2.05, 4.69) is 9.88 Å². The molecule has 1 aromatic carbocycles. The van der Waals surface area contributed by atoms with Crippen molar-refractivity contribution in [1.29, 1.82) is 0 Å². The number of pyridine rings is 1. The van der Waals surface area contributed by atoms with Gasteiger partial charge in [-0.3, -0.25) is 4.79 Å². The summed E-state index contributed by atoms with van der Waals surface area (Å²) < 4.78 is 1.93. The number of halogens is 1. The molecule has 25 heavy (non-hydrogen) atoms. The molecule has 0 saturated carbocycles. The predicted octanol–water partition coefficient (Wildman–Crippen LogP) is 3.19. The molecule has 0 N–H and O–H groups in total. The first-order valence-corrected chi connectivity index (χ1v) is 8.71. The maximum Gasteiger partial charge on any atom is 0.270 e. The van der Waals surface area contributed by atoms with Gasteiger partial charge in [0.2, 0.25) is 0 Å². The van der Waals surface area contributed by atoms with Crippen molar-refractivity contribution in [3.8, 4) is 0 Å². The molecule has 6 heteroatoms. The zero-order valence-electron chi connectivity index (χ0n) is 14.0. The van der Waals surface area contributed by atoms with E-state index in [1.807, 2.05) is 59.0 Å². The van der Waals surface area contributed by atoms with E-state index in [-0.39, 0.29) is 5.91 Å². The molecule has 0 atom stereocenters. The van der Waals surface area contributed by atoms with Crippen molar-refractivity contribution >= 4 is 34.2 Å². The lowest BCUT2D eigenvalue weighted by Crippen LogP contribution is -2.49. The van der Waals surface area contributed by atoms with E-state index in [9.17, 15) is 4.79 Å². The number of carbonyl (C=O) groups is 1. The minimum atomic E-state index is 0.0653. The number of aryl methyl sites for hydroxylation is 1. The number of carbonyl (C=O) groups excluding carboxylic acids is 1. The molecule has 128 valence electrons. The van der Waals surface area contributed by atoms with Crippen LogP contribution in [0, 0.1) is 0 Å². The fourth-order valence-corrected chi connectivity index (χ4v) is 3.52. The Morgan fingerprint density at radius 2 is 1.88 bits per heavy atom. The van der Waals surface area contributed by atoms with Crippen LogP contribution < -0.4 is 4.90 Å². The van der Waals surface area contributed by atoms with E-state index in [0.29, 0.717) is 23.8 Å². The summed E-state index contributed by atoms with van der Waals surface area (Å²) in [7, 11) is 1.91. The van der Waals surface area contributed by atoms with Gasteiger partial charge in [0.05, 0.1) is 0 Å². The Morgan fingerprint density at radius 3 is 2.60 bits per heavy atom. The van der Waals surface area contributed by atoms with E-state index in [1.54, 1.807) is 6.20 Å². The van der Waals surface area contributed by atoms with Gasteiger partial charge in [-0.15, -0.1) is 0 Å². The Balaban J connectivity index is 1.52. The van der Waals surface area contributed by atoms with E-state index >= 15 is 0 Å². The van der Waals surface area contributed by atoms with Crippen LogP contribution in [-0.4, -0.2) is 46.5 Å². The lowest BCUT2D eigenvalue weighted by molar-refractivity contribution is 0.0737. The Hall–Kier alpha value is -2.53. The summed E-state index contributed by atoms with van der Waals surface area (Å²) in [4.78, 5) is 21.5. The molecular weight excluding hydrogens is 336 g/mol. The highest BCUT2D eigenvalue weighted by atomic mass is 35.5. The zero-order valence-corrected chi connectivity index (χ0v) is 14.8. The number of hydrogen-bond acceptors (Lipinski definition) is 3. The third-order valence-corrected chi connectivity index (χ3v) is 5.00. The van der Waals surface area contributed by atoms with Crippen LogP contribution in [0.4, 0.5) is 5.82 Å². The van der Waals surface area contributed by atoms with Crippen LogP contribution in [0.15, 0.2) is 48.7 Å². The van der Waals surface area contributed by atoms with Gasteiger partial charge in [-0.2, -0.15) is 0 Å². The molecule has 1 saturated heterocycles. The molecule has 0 bridgehead atoms. The first-order chi connectivity index (χ1) is 12.1. The predicted molar refractivity (Wildman–Crippen MR) is 100 cm³/mol. The molecule has 1 aliphatic heterocycles. The molecule has 5 nitrogen and oxygen atoms in total. The molecular formula is C19H19ClN4O. The smallest absolute Gasteiger partial charge is 0.270 e. The first kappa shape index (κ1) is 16.0. The molecule has 0 unspecified atom stereocenters. The monoisotopic (exact) mass is 354 g/mol. The maximum absolute atomic E-state index is 13.0. The molecule has 4 rings (SSSR count). The number of rotatable bonds is 2. The minimum Gasteiger partial charge on any atom is -0.353 e. The number of anilines is 1. The molecule has 0 radical (unpaired) electrons. The zero-order chi connectivity index (χ0) is 17.4. The second-order valence-corrected chi connectivity index (χ2v) is 6.70. The van der Waals surface area contributed by atoms with E-state index in [4.69, 9.17) is 11.6 Å². The standard InChI is InChI=1S/C19H19ClN4O/c1-22-16-13-15(20)6-5-14(16)12-17(22)19(25)24-10-8-23(9-11-24)18-4-2-3-7-21-18/h2-7,12-13H,8-11H2,1H3. The van der Waals surface area contributed by atoms with Gasteiger partial charge in [0, 0.05) is 55.3 Å². The van der Waals surface area contributed by atoms with Gasteiger partial charge in [-0.1, -0.05) is 23.7 Å².